The highest BCUT2D eigenvalue weighted by atomic mass is 16.5. The summed E-state index contributed by atoms with van der Waals surface area (Å²) in [4.78, 5) is 2.43. The lowest BCUT2D eigenvalue weighted by Gasteiger charge is -2.31. The summed E-state index contributed by atoms with van der Waals surface area (Å²) in [7, 11) is 4.03. The third-order valence-electron chi connectivity index (χ3n) is 3.06. The molecule has 1 saturated carbocycles. The maximum atomic E-state index is 5.45. The molecule has 0 saturated heterocycles. The van der Waals surface area contributed by atoms with Gasteiger partial charge < -0.3 is 4.74 Å². The maximum absolute atomic E-state index is 5.45. The number of methoxy groups -OCH3 is 1. The van der Waals surface area contributed by atoms with E-state index in [-0.39, 0.29) is 0 Å². The van der Waals surface area contributed by atoms with Gasteiger partial charge in [0.25, 0.3) is 0 Å². The van der Waals surface area contributed by atoms with E-state index >= 15 is 0 Å². The minimum Gasteiger partial charge on any atom is -0.380 e. The standard InChI is InChI=1S/C10H21NO/c1-8(2)11(3)9-6-5-7-10(9)12-4/h8-10H,5-7H2,1-4H3/t9-,10+/m0/s1. The third-order valence-corrected chi connectivity index (χ3v) is 3.06. The Morgan fingerprint density at radius 1 is 1.33 bits per heavy atom. The SMILES string of the molecule is CO[C@@H]1CCC[C@@H]1N(C)C(C)C. The Bertz CT molecular complexity index is 136. The summed E-state index contributed by atoms with van der Waals surface area (Å²) in [5.74, 6) is 0. The highest BCUT2D eigenvalue weighted by molar-refractivity contribution is 4.85. The van der Waals surface area contributed by atoms with Gasteiger partial charge in [0.1, 0.15) is 0 Å². The zero-order valence-corrected chi connectivity index (χ0v) is 8.71. The summed E-state index contributed by atoms with van der Waals surface area (Å²) < 4.78 is 5.45. The van der Waals surface area contributed by atoms with Crippen LogP contribution in [0.3, 0.4) is 0 Å². The van der Waals surface area contributed by atoms with Crippen LogP contribution in [0.5, 0.6) is 0 Å². The van der Waals surface area contributed by atoms with Crippen LogP contribution in [-0.2, 0) is 4.74 Å². The van der Waals surface area contributed by atoms with Crippen LogP contribution in [0, 0.1) is 0 Å². The van der Waals surface area contributed by atoms with Gasteiger partial charge in [0.15, 0.2) is 0 Å². The minimum absolute atomic E-state index is 0.470. The Morgan fingerprint density at radius 3 is 2.50 bits per heavy atom. The average molecular weight is 171 g/mol. The first-order valence-corrected chi connectivity index (χ1v) is 4.91. The smallest absolute Gasteiger partial charge is 0.0726 e. The second kappa shape index (κ2) is 4.24. The first kappa shape index (κ1) is 10.0. The Morgan fingerprint density at radius 2 is 2.00 bits per heavy atom. The lowest BCUT2D eigenvalue weighted by Crippen LogP contribution is -2.42. The molecule has 1 aliphatic rings. The van der Waals surface area contributed by atoms with Crippen molar-refractivity contribution < 1.29 is 4.74 Å². The molecule has 0 aromatic heterocycles. The molecule has 0 aliphatic heterocycles. The molecule has 72 valence electrons. The van der Waals surface area contributed by atoms with Gasteiger partial charge in [-0.2, -0.15) is 0 Å². The lowest BCUT2D eigenvalue weighted by molar-refractivity contribution is 0.0323. The maximum Gasteiger partial charge on any atom is 0.0726 e. The molecule has 0 bridgehead atoms. The molecule has 2 heteroatoms. The zero-order chi connectivity index (χ0) is 9.14. The van der Waals surface area contributed by atoms with Crippen molar-refractivity contribution in [3.05, 3.63) is 0 Å². The van der Waals surface area contributed by atoms with E-state index in [1.54, 1.807) is 0 Å². The number of likely N-dealkylation sites (N-methyl/N-ethyl adjacent to an activating group) is 1. The van der Waals surface area contributed by atoms with Crippen molar-refractivity contribution in [1.82, 2.24) is 4.90 Å². The van der Waals surface area contributed by atoms with Crippen LogP contribution in [0.2, 0.25) is 0 Å². The molecule has 1 aliphatic carbocycles. The number of rotatable bonds is 3. The Hall–Kier alpha value is -0.0800. The second-order valence-corrected chi connectivity index (χ2v) is 4.03. The van der Waals surface area contributed by atoms with Crippen molar-refractivity contribution in [3.8, 4) is 0 Å². The van der Waals surface area contributed by atoms with Gasteiger partial charge in [0.05, 0.1) is 6.10 Å². The topological polar surface area (TPSA) is 12.5 Å². The number of hydrogen-bond acceptors (Lipinski definition) is 2. The summed E-state index contributed by atoms with van der Waals surface area (Å²) in [6, 6.07) is 1.28. The van der Waals surface area contributed by atoms with Gasteiger partial charge >= 0.3 is 0 Å². The molecule has 0 aromatic carbocycles. The average Bonchev–Trinajstić information content (AvgIpc) is 2.49. The van der Waals surface area contributed by atoms with Crippen LogP contribution >= 0.6 is 0 Å². The summed E-state index contributed by atoms with van der Waals surface area (Å²) >= 11 is 0. The van der Waals surface area contributed by atoms with E-state index < -0.39 is 0 Å². The summed E-state index contributed by atoms with van der Waals surface area (Å²) in [6.45, 7) is 4.48. The molecule has 1 fully saturated rings. The van der Waals surface area contributed by atoms with Gasteiger partial charge in [-0.3, -0.25) is 4.90 Å². The summed E-state index contributed by atoms with van der Waals surface area (Å²) in [5, 5.41) is 0. The van der Waals surface area contributed by atoms with Crippen molar-refractivity contribution in [2.24, 2.45) is 0 Å². The van der Waals surface area contributed by atoms with E-state index in [0.717, 1.165) is 0 Å². The quantitative estimate of drug-likeness (QED) is 0.643. The molecular weight excluding hydrogens is 150 g/mol. The Labute approximate surface area is 75.9 Å². The van der Waals surface area contributed by atoms with Crippen LogP contribution in [-0.4, -0.2) is 37.2 Å². The second-order valence-electron chi connectivity index (χ2n) is 4.03. The van der Waals surface area contributed by atoms with Gasteiger partial charge in [-0.1, -0.05) is 0 Å². The van der Waals surface area contributed by atoms with Crippen molar-refractivity contribution in [2.75, 3.05) is 14.2 Å². The molecule has 2 nitrogen and oxygen atoms in total. The molecule has 0 amide bonds. The number of ether oxygens (including phenoxy) is 1. The number of hydrogen-bond donors (Lipinski definition) is 0. The molecule has 1 rings (SSSR count). The van der Waals surface area contributed by atoms with Crippen molar-refractivity contribution >= 4 is 0 Å². The predicted molar refractivity (Wildman–Crippen MR) is 51.3 cm³/mol. The van der Waals surface area contributed by atoms with E-state index in [9.17, 15) is 0 Å². The third kappa shape index (κ3) is 1.99. The fourth-order valence-electron chi connectivity index (χ4n) is 2.03. The van der Waals surface area contributed by atoms with Gasteiger partial charge in [0.2, 0.25) is 0 Å². The fourth-order valence-corrected chi connectivity index (χ4v) is 2.03. The van der Waals surface area contributed by atoms with Crippen LogP contribution in [0.4, 0.5) is 0 Å². The van der Waals surface area contributed by atoms with E-state index in [2.05, 4.69) is 25.8 Å². The van der Waals surface area contributed by atoms with E-state index in [4.69, 9.17) is 4.74 Å². The van der Waals surface area contributed by atoms with Crippen LogP contribution in [0.15, 0.2) is 0 Å². The predicted octanol–water partition coefficient (Wildman–Crippen LogP) is 1.89. The first-order chi connectivity index (χ1) is 5.66. The van der Waals surface area contributed by atoms with Crippen molar-refractivity contribution in [2.45, 2.75) is 51.3 Å². The molecular formula is C10H21NO. The van der Waals surface area contributed by atoms with E-state index in [1.165, 1.54) is 19.3 Å². The summed E-state index contributed by atoms with van der Waals surface area (Å²) in [6.07, 6.45) is 4.32. The molecule has 12 heavy (non-hydrogen) atoms. The van der Waals surface area contributed by atoms with Crippen LogP contribution in [0.25, 0.3) is 0 Å². The highest BCUT2D eigenvalue weighted by Gasteiger charge is 2.30. The molecule has 0 radical (unpaired) electrons. The first-order valence-electron chi connectivity index (χ1n) is 4.91. The lowest BCUT2D eigenvalue weighted by atomic mass is 10.1. The molecule has 0 unspecified atom stereocenters. The molecule has 0 spiro atoms. The highest BCUT2D eigenvalue weighted by Crippen LogP contribution is 2.26. The monoisotopic (exact) mass is 171 g/mol. The fraction of sp³-hybridized carbons (Fsp3) is 1.00. The molecule has 0 heterocycles. The molecule has 2 atom stereocenters. The number of nitrogens with zero attached hydrogens (tertiary/aromatic N) is 1. The molecule has 0 aromatic rings. The van der Waals surface area contributed by atoms with Crippen molar-refractivity contribution in [3.63, 3.8) is 0 Å². The zero-order valence-electron chi connectivity index (χ0n) is 8.71. The van der Waals surface area contributed by atoms with Gasteiger partial charge in [-0.25, -0.2) is 0 Å². The Balaban J connectivity index is 2.49. The van der Waals surface area contributed by atoms with E-state index in [0.29, 0.717) is 18.2 Å². The van der Waals surface area contributed by atoms with E-state index in [1.807, 2.05) is 7.11 Å². The van der Waals surface area contributed by atoms with Crippen LogP contribution in [0.1, 0.15) is 33.1 Å². The normalized spacial score (nSPS) is 30.5. The van der Waals surface area contributed by atoms with Crippen LogP contribution < -0.4 is 0 Å². The van der Waals surface area contributed by atoms with Crippen molar-refractivity contribution in [1.29, 1.82) is 0 Å². The van der Waals surface area contributed by atoms with Gasteiger partial charge in [-0.05, 0) is 40.2 Å². The minimum atomic E-state index is 0.470. The summed E-state index contributed by atoms with van der Waals surface area (Å²) in [5.41, 5.74) is 0. The Kier molecular flexibility index (Phi) is 3.53. The van der Waals surface area contributed by atoms with Gasteiger partial charge in [-0.15, -0.1) is 0 Å². The molecule has 0 N–H and O–H groups in total. The largest absolute Gasteiger partial charge is 0.380 e. The van der Waals surface area contributed by atoms with Gasteiger partial charge in [0, 0.05) is 19.2 Å².